The van der Waals surface area contributed by atoms with Gasteiger partial charge in [-0.25, -0.2) is 0 Å². The molecule has 21 heavy (non-hydrogen) atoms. The second-order valence-electron chi connectivity index (χ2n) is 4.88. The van der Waals surface area contributed by atoms with E-state index in [4.69, 9.17) is 4.74 Å². The number of benzene rings is 2. The molecule has 2 nitrogen and oxygen atoms in total. The minimum atomic E-state index is 0.101. The summed E-state index contributed by atoms with van der Waals surface area (Å²) in [6, 6.07) is 24.9. The molecule has 0 radical (unpaired) electrons. The Morgan fingerprint density at radius 3 is 2.10 bits per heavy atom. The highest BCUT2D eigenvalue weighted by molar-refractivity contribution is 5.40. The van der Waals surface area contributed by atoms with Crippen LogP contribution in [0.4, 0.5) is 0 Å². The van der Waals surface area contributed by atoms with Gasteiger partial charge in [-0.2, -0.15) is 4.57 Å². The van der Waals surface area contributed by atoms with Crippen LogP contribution in [-0.2, 0) is 0 Å². The molecule has 3 rings (SSSR count). The number of hydrogen-bond acceptors (Lipinski definition) is 1. The fourth-order valence-electron chi connectivity index (χ4n) is 2.62. The Labute approximate surface area is 125 Å². The van der Waals surface area contributed by atoms with Gasteiger partial charge in [-0.3, -0.25) is 0 Å². The van der Waals surface area contributed by atoms with Gasteiger partial charge in [0.15, 0.2) is 12.4 Å². The van der Waals surface area contributed by atoms with Gasteiger partial charge in [-0.1, -0.05) is 48.5 Å². The van der Waals surface area contributed by atoms with Crippen molar-refractivity contribution in [2.75, 3.05) is 7.11 Å². The van der Waals surface area contributed by atoms with Crippen molar-refractivity contribution >= 4 is 0 Å². The van der Waals surface area contributed by atoms with Crippen LogP contribution in [0.25, 0.3) is 0 Å². The quantitative estimate of drug-likeness (QED) is 0.663. The monoisotopic (exact) mass is 276 g/mol. The van der Waals surface area contributed by atoms with E-state index in [1.165, 1.54) is 5.56 Å². The molecule has 0 amide bonds. The highest BCUT2D eigenvalue weighted by Gasteiger charge is 2.25. The molecule has 1 atom stereocenters. The molecular formula is C19H18NO+. The van der Waals surface area contributed by atoms with Gasteiger partial charge < -0.3 is 4.74 Å². The molecular weight excluding hydrogens is 258 g/mol. The van der Waals surface area contributed by atoms with Crippen LogP contribution in [0.5, 0.6) is 5.75 Å². The van der Waals surface area contributed by atoms with Crippen LogP contribution in [0.3, 0.4) is 0 Å². The van der Waals surface area contributed by atoms with E-state index in [2.05, 4.69) is 53.4 Å². The Morgan fingerprint density at radius 2 is 1.38 bits per heavy atom. The molecule has 104 valence electrons. The van der Waals surface area contributed by atoms with Gasteiger partial charge in [0.25, 0.3) is 0 Å². The topological polar surface area (TPSA) is 13.1 Å². The third-order valence-electron chi connectivity index (χ3n) is 3.59. The summed E-state index contributed by atoms with van der Waals surface area (Å²) in [4.78, 5) is 0. The molecule has 3 aromatic rings. The van der Waals surface area contributed by atoms with Gasteiger partial charge in [-0.15, -0.1) is 0 Å². The Morgan fingerprint density at radius 1 is 0.762 bits per heavy atom. The van der Waals surface area contributed by atoms with Crippen molar-refractivity contribution in [1.29, 1.82) is 0 Å². The zero-order chi connectivity index (χ0) is 14.5. The standard InChI is InChI=1S/C19H18NO/c1-21-18-13-7-6-12-17(18)19(16-10-4-2-5-11-16)20-14-8-3-9-15-20/h2-15,19H,1H3/q+1. The molecule has 0 saturated heterocycles. The van der Waals surface area contributed by atoms with E-state index >= 15 is 0 Å². The molecule has 1 unspecified atom stereocenters. The summed E-state index contributed by atoms with van der Waals surface area (Å²) < 4.78 is 7.76. The molecule has 2 aromatic carbocycles. The highest BCUT2D eigenvalue weighted by Crippen LogP contribution is 2.29. The number of methoxy groups -OCH3 is 1. The van der Waals surface area contributed by atoms with Gasteiger partial charge >= 0.3 is 0 Å². The highest BCUT2D eigenvalue weighted by atomic mass is 16.5. The maximum Gasteiger partial charge on any atom is 0.212 e. The van der Waals surface area contributed by atoms with Crippen LogP contribution < -0.4 is 9.30 Å². The van der Waals surface area contributed by atoms with Crippen molar-refractivity contribution in [1.82, 2.24) is 0 Å². The third kappa shape index (κ3) is 2.79. The zero-order valence-corrected chi connectivity index (χ0v) is 12.0. The van der Waals surface area contributed by atoms with Crippen LogP contribution in [0.15, 0.2) is 85.2 Å². The molecule has 2 heteroatoms. The Balaban J connectivity index is 2.17. The van der Waals surface area contributed by atoms with Crippen molar-refractivity contribution in [3.63, 3.8) is 0 Å². The van der Waals surface area contributed by atoms with Crippen LogP contribution in [0.1, 0.15) is 17.2 Å². The average molecular weight is 276 g/mol. The third-order valence-corrected chi connectivity index (χ3v) is 3.59. The lowest BCUT2D eigenvalue weighted by Crippen LogP contribution is -2.40. The first-order chi connectivity index (χ1) is 10.4. The van der Waals surface area contributed by atoms with E-state index in [1.807, 2.05) is 36.4 Å². The van der Waals surface area contributed by atoms with Gasteiger partial charge in [0, 0.05) is 17.7 Å². The molecule has 0 aliphatic rings. The summed E-state index contributed by atoms with van der Waals surface area (Å²) in [7, 11) is 1.72. The fourth-order valence-corrected chi connectivity index (χ4v) is 2.62. The van der Waals surface area contributed by atoms with Gasteiger partial charge in [-0.05, 0) is 12.1 Å². The van der Waals surface area contributed by atoms with E-state index < -0.39 is 0 Å². The second kappa shape index (κ2) is 6.23. The SMILES string of the molecule is COc1ccccc1C(c1ccccc1)[n+]1ccccc1. The van der Waals surface area contributed by atoms with E-state index in [1.54, 1.807) is 7.11 Å². The number of rotatable bonds is 4. The van der Waals surface area contributed by atoms with Crippen LogP contribution in [-0.4, -0.2) is 7.11 Å². The van der Waals surface area contributed by atoms with E-state index in [0.29, 0.717) is 0 Å². The lowest BCUT2D eigenvalue weighted by atomic mass is 9.97. The van der Waals surface area contributed by atoms with Gasteiger partial charge in [0.2, 0.25) is 6.04 Å². The van der Waals surface area contributed by atoms with Crippen molar-refractivity contribution in [3.05, 3.63) is 96.3 Å². The Hall–Kier alpha value is -2.61. The first kappa shape index (κ1) is 13.4. The largest absolute Gasteiger partial charge is 0.496 e. The predicted molar refractivity (Wildman–Crippen MR) is 83.3 cm³/mol. The van der Waals surface area contributed by atoms with Crippen LogP contribution in [0.2, 0.25) is 0 Å². The molecule has 0 spiro atoms. The molecule has 0 N–H and O–H groups in total. The summed E-state index contributed by atoms with van der Waals surface area (Å²) in [6.45, 7) is 0. The average Bonchev–Trinajstić information content (AvgIpc) is 2.58. The number of aromatic nitrogens is 1. The van der Waals surface area contributed by atoms with Crippen LogP contribution >= 0.6 is 0 Å². The number of ether oxygens (including phenoxy) is 1. The van der Waals surface area contributed by atoms with Crippen molar-refractivity contribution in [2.45, 2.75) is 6.04 Å². The van der Waals surface area contributed by atoms with Crippen molar-refractivity contribution < 1.29 is 9.30 Å². The Bertz CT molecular complexity index is 656. The normalized spacial score (nSPS) is 11.9. The number of para-hydroxylation sites is 1. The Kier molecular flexibility index (Phi) is 3.97. The van der Waals surface area contributed by atoms with Crippen molar-refractivity contribution in [2.24, 2.45) is 0 Å². The van der Waals surface area contributed by atoms with E-state index in [-0.39, 0.29) is 6.04 Å². The summed E-state index contributed by atoms with van der Waals surface area (Å²) in [5, 5.41) is 0. The fraction of sp³-hybridized carbons (Fsp3) is 0.105. The molecule has 0 fully saturated rings. The summed E-state index contributed by atoms with van der Waals surface area (Å²) >= 11 is 0. The first-order valence-corrected chi connectivity index (χ1v) is 7.04. The molecule has 0 aliphatic heterocycles. The number of hydrogen-bond donors (Lipinski definition) is 0. The smallest absolute Gasteiger partial charge is 0.212 e. The minimum absolute atomic E-state index is 0.101. The molecule has 1 aromatic heterocycles. The van der Waals surface area contributed by atoms with Gasteiger partial charge in [0.05, 0.1) is 12.7 Å². The maximum absolute atomic E-state index is 5.56. The predicted octanol–water partition coefficient (Wildman–Crippen LogP) is 3.62. The molecule has 1 heterocycles. The lowest BCUT2D eigenvalue weighted by Gasteiger charge is -2.16. The van der Waals surface area contributed by atoms with E-state index in [0.717, 1.165) is 11.3 Å². The number of nitrogens with zero attached hydrogens (tertiary/aromatic N) is 1. The van der Waals surface area contributed by atoms with Gasteiger partial charge in [0.1, 0.15) is 5.75 Å². The second-order valence-corrected chi connectivity index (χ2v) is 4.88. The summed E-state index contributed by atoms with van der Waals surface area (Å²) in [5.41, 5.74) is 2.39. The minimum Gasteiger partial charge on any atom is -0.496 e. The number of pyridine rings is 1. The molecule has 0 aliphatic carbocycles. The van der Waals surface area contributed by atoms with E-state index in [9.17, 15) is 0 Å². The molecule has 0 saturated carbocycles. The zero-order valence-electron chi connectivity index (χ0n) is 12.0. The van der Waals surface area contributed by atoms with Crippen molar-refractivity contribution in [3.8, 4) is 5.75 Å². The maximum atomic E-state index is 5.56. The first-order valence-electron chi connectivity index (χ1n) is 7.04. The lowest BCUT2D eigenvalue weighted by molar-refractivity contribution is -0.704. The van der Waals surface area contributed by atoms with Crippen LogP contribution in [0, 0.1) is 0 Å². The summed E-state index contributed by atoms with van der Waals surface area (Å²) in [6.07, 6.45) is 4.17. The molecule has 0 bridgehead atoms. The summed E-state index contributed by atoms with van der Waals surface area (Å²) in [5.74, 6) is 0.905.